The molecule has 1 fully saturated rings. The van der Waals surface area contributed by atoms with Crippen LogP contribution in [0, 0.1) is 0 Å². The molecule has 0 radical (unpaired) electrons. The monoisotopic (exact) mass is 174 g/mol. The van der Waals surface area contributed by atoms with Crippen LogP contribution in [0.3, 0.4) is 0 Å². The van der Waals surface area contributed by atoms with Crippen molar-refractivity contribution in [1.82, 2.24) is 10.6 Å². The van der Waals surface area contributed by atoms with Crippen LogP contribution in [0.1, 0.15) is 13.3 Å². The number of nitrogens with one attached hydrogen (secondary N) is 2. The molecule has 11 heavy (non-hydrogen) atoms. The van der Waals surface area contributed by atoms with Gasteiger partial charge in [0, 0.05) is 17.8 Å². The first-order chi connectivity index (χ1) is 4.79. The molecule has 2 heterocycles. The van der Waals surface area contributed by atoms with Gasteiger partial charge in [-0.05, 0) is 13.3 Å². The molecule has 2 rings (SSSR count). The summed E-state index contributed by atoms with van der Waals surface area (Å²) in [5.41, 5.74) is 1.98. The molecule has 2 N–H and O–H groups in total. The van der Waals surface area contributed by atoms with E-state index in [0.29, 0.717) is 6.04 Å². The number of halogens is 1. The van der Waals surface area contributed by atoms with Gasteiger partial charge in [-0.15, -0.1) is 12.4 Å². The molecule has 2 aliphatic heterocycles. The SMILES string of the molecule is CC1=C2NCC[C@@H]2NC1=O.Cl. The summed E-state index contributed by atoms with van der Waals surface area (Å²) >= 11 is 0. The van der Waals surface area contributed by atoms with Gasteiger partial charge in [-0.2, -0.15) is 0 Å². The van der Waals surface area contributed by atoms with Gasteiger partial charge in [-0.25, -0.2) is 0 Å². The van der Waals surface area contributed by atoms with Gasteiger partial charge in [0.25, 0.3) is 0 Å². The Morgan fingerprint density at radius 1 is 1.55 bits per heavy atom. The quantitative estimate of drug-likeness (QED) is 0.550. The molecule has 0 aromatic carbocycles. The normalized spacial score (nSPS) is 27.4. The molecule has 1 atom stereocenters. The van der Waals surface area contributed by atoms with Crippen molar-refractivity contribution in [2.75, 3.05) is 6.54 Å². The van der Waals surface area contributed by atoms with Crippen molar-refractivity contribution in [2.24, 2.45) is 0 Å². The van der Waals surface area contributed by atoms with E-state index in [1.807, 2.05) is 6.92 Å². The van der Waals surface area contributed by atoms with Crippen molar-refractivity contribution < 1.29 is 4.79 Å². The first-order valence-corrected chi connectivity index (χ1v) is 3.54. The van der Waals surface area contributed by atoms with Crippen LogP contribution in [0.15, 0.2) is 11.3 Å². The van der Waals surface area contributed by atoms with E-state index in [2.05, 4.69) is 10.6 Å². The van der Waals surface area contributed by atoms with Crippen molar-refractivity contribution in [3.05, 3.63) is 11.3 Å². The fourth-order valence-electron chi connectivity index (χ4n) is 1.55. The maximum absolute atomic E-state index is 11.0. The summed E-state index contributed by atoms with van der Waals surface area (Å²) < 4.78 is 0. The molecule has 62 valence electrons. The van der Waals surface area contributed by atoms with E-state index < -0.39 is 0 Å². The Labute approximate surface area is 71.6 Å². The lowest BCUT2D eigenvalue weighted by atomic mass is 10.2. The Balaban J connectivity index is 0.000000605. The minimum atomic E-state index is 0. The number of rotatable bonds is 0. The van der Waals surface area contributed by atoms with Crippen LogP contribution in [0.25, 0.3) is 0 Å². The summed E-state index contributed by atoms with van der Waals surface area (Å²) in [6.45, 7) is 2.86. The van der Waals surface area contributed by atoms with E-state index in [1.165, 1.54) is 0 Å². The van der Waals surface area contributed by atoms with E-state index in [4.69, 9.17) is 0 Å². The molecule has 0 aromatic rings. The second-order valence-corrected chi connectivity index (χ2v) is 2.78. The van der Waals surface area contributed by atoms with Crippen LogP contribution in [0.5, 0.6) is 0 Å². The lowest BCUT2D eigenvalue weighted by Gasteiger charge is -2.00. The molecule has 1 saturated heterocycles. The molecule has 0 saturated carbocycles. The number of carbonyl (C=O) groups is 1. The number of amides is 1. The zero-order chi connectivity index (χ0) is 7.14. The van der Waals surface area contributed by atoms with Crippen molar-refractivity contribution >= 4 is 18.3 Å². The van der Waals surface area contributed by atoms with E-state index in [1.54, 1.807) is 0 Å². The smallest absolute Gasteiger partial charge is 0.249 e. The molecule has 2 aliphatic rings. The van der Waals surface area contributed by atoms with Gasteiger partial charge in [0.15, 0.2) is 0 Å². The maximum Gasteiger partial charge on any atom is 0.249 e. The Kier molecular flexibility index (Phi) is 2.09. The highest BCUT2D eigenvalue weighted by atomic mass is 35.5. The minimum absolute atomic E-state index is 0. The topological polar surface area (TPSA) is 41.1 Å². The Morgan fingerprint density at radius 3 is 2.91 bits per heavy atom. The van der Waals surface area contributed by atoms with Crippen LogP contribution in [-0.4, -0.2) is 18.5 Å². The van der Waals surface area contributed by atoms with Crippen LogP contribution in [-0.2, 0) is 4.79 Å². The second kappa shape index (κ2) is 2.74. The van der Waals surface area contributed by atoms with Gasteiger partial charge >= 0.3 is 0 Å². The lowest BCUT2D eigenvalue weighted by Crippen LogP contribution is -2.26. The molecule has 0 bridgehead atoms. The van der Waals surface area contributed by atoms with Crippen molar-refractivity contribution in [2.45, 2.75) is 19.4 Å². The zero-order valence-corrected chi connectivity index (χ0v) is 7.12. The van der Waals surface area contributed by atoms with Crippen LogP contribution in [0.2, 0.25) is 0 Å². The van der Waals surface area contributed by atoms with Gasteiger partial charge in [0.05, 0.1) is 6.04 Å². The van der Waals surface area contributed by atoms with Crippen LogP contribution in [0.4, 0.5) is 0 Å². The van der Waals surface area contributed by atoms with Crippen molar-refractivity contribution in [1.29, 1.82) is 0 Å². The fraction of sp³-hybridized carbons (Fsp3) is 0.571. The summed E-state index contributed by atoms with van der Waals surface area (Å²) in [7, 11) is 0. The largest absolute Gasteiger partial charge is 0.386 e. The Bertz CT molecular complexity index is 224. The lowest BCUT2D eigenvalue weighted by molar-refractivity contribution is -0.117. The van der Waals surface area contributed by atoms with E-state index in [9.17, 15) is 4.79 Å². The number of hydrogen-bond donors (Lipinski definition) is 2. The molecular weight excluding hydrogens is 164 g/mol. The molecule has 0 aliphatic carbocycles. The standard InChI is InChI=1S/C7H10N2O.ClH/c1-4-6-5(2-3-8-6)9-7(4)10;/h5,8H,2-3H2,1H3,(H,9,10);1H/t5-;/m0./s1. The van der Waals surface area contributed by atoms with Crippen LogP contribution >= 0.6 is 12.4 Å². The first kappa shape index (κ1) is 8.40. The molecule has 0 unspecified atom stereocenters. The van der Waals surface area contributed by atoms with Gasteiger partial charge in [0.2, 0.25) is 5.91 Å². The predicted octanol–water partition coefficient (Wildman–Crippen LogP) is 0.174. The van der Waals surface area contributed by atoms with E-state index in [-0.39, 0.29) is 18.3 Å². The van der Waals surface area contributed by atoms with Crippen molar-refractivity contribution in [3.63, 3.8) is 0 Å². The van der Waals surface area contributed by atoms with Crippen molar-refractivity contribution in [3.8, 4) is 0 Å². The molecule has 0 aromatic heterocycles. The third-order valence-electron chi connectivity index (χ3n) is 2.15. The van der Waals surface area contributed by atoms with Gasteiger partial charge in [-0.1, -0.05) is 0 Å². The number of fused-ring (bicyclic) bond motifs is 1. The Morgan fingerprint density at radius 2 is 2.27 bits per heavy atom. The van der Waals surface area contributed by atoms with Crippen LogP contribution < -0.4 is 10.6 Å². The third-order valence-corrected chi connectivity index (χ3v) is 2.15. The summed E-state index contributed by atoms with van der Waals surface area (Å²) in [5, 5.41) is 6.09. The fourth-order valence-corrected chi connectivity index (χ4v) is 1.55. The van der Waals surface area contributed by atoms with E-state index in [0.717, 1.165) is 24.2 Å². The van der Waals surface area contributed by atoms with Gasteiger partial charge in [0.1, 0.15) is 0 Å². The van der Waals surface area contributed by atoms with Gasteiger partial charge in [-0.3, -0.25) is 4.79 Å². The number of hydrogen-bond acceptors (Lipinski definition) is 2. The highest BCUT2D eigenvalue weighted by Gasteiger charge is 2.31. The predicted molar refractivity (Wildman–Crippen MR) is 44.5 cm³/mol. The first-order valence-electron chi connectivity index (χ1n) is 3.54. The second-order valence-electron chi connectivity index (χ2n) is 2.78. The summed E-state index contributed by atoms with van der Waals surface area (Å²) in [5.74, 6) is 0.0900. The molecule has 3 nitrogen and oxygen atoms in total. The minimum Gasteiger partial charge on any atom is -0.386 e. The molecular formula is C7H11ClN2O. The maximum atomic E-state index is 11.0. The molecule has 4 heteroatoms. The highest BCUT2D eigenvalue weighted by Crippen LogP contribution is 2.20. The number of carbonyl (C=O) groups excluding carboxylic acids is 1. The van der Waals surface area contributed by atoms with E-state index >= 15 is 0 Å². The average Bonchev–Trinajstić information content (AvgIpc) is 2.41. The zero-order valence-electron chi connectivity index (χ0n) is 6.31. The molecule has 0 spiro atoms. The molecule has 1 amide bonds. The highest BCUT2D eigenvalue weighted by molar-refractivity contribution is 5.97. The summed E-state index contributed by atoms with van der Waals surface area (Å²) in [6, 6.07) is 0.299. The summed E-state index contributed by atoms with van der Waals surface area (Å²) in [4.78, 5) is 11.0. The Hall–Kier alpha value is -0.700. The summed E-state index contributed by atoms with van der Waals surface area (Å²) in [6.07, 6.45) is 1.04. The third kappa shape index (κ3) is 1.09. The average molecular weight is 175 g/mol. The van der Waals surface area contributed by atoms with Gasteiger partial charge < -0.3 is 10.6 Å².